The number of hydrogen-bond acceptors (Lipinski definition) is 4. The van der Waals surface area contributed by atoms with Gasteiger partial charge in [0.25, 0.3) is 0 Å². The van der Waals surface area contributed by atoms with Crippen LogP contribution in [0.2, 0.25) is 0 Å². The molecule has 2 atom stereocenters. The van der Waals surface area contributed by atoms with Crippen molar-refractivity contribution in [1.82, 2.24) is 19.6 Å². The van der Waals surface area contributed by atoms with Crippen LogP contribution >= 0.6 is 0 Å². The molecule has 166 valence electrons. The van der Waals surface area contributed by atoms with Crippen molar-refractivity contribution in [3.05, 3.63) is 48.3 Å². The fraction of sp³-hybridized carbons (Fsp3) is 0.542. The largest absolute Gasteiger partial charge is 0.492 e. The summed E-state index contributed by atoms with van der Waals surface area (Å²) in [7, 11) is 0. The van der Waals surface area contributed by atoms with E-state index in [1.165, 1.54) is 0 Å². The molecule has 0 N–H and O–H groups in total. The van der Waals surface area contributed by atoms with E-state index in [1.807, 2.05) is 60.2 Å². The Morgan fingerprint density at radius 2 is 1.94 bits per heavy atom. The third-order valence-electron chi connectivity index (χ3n) is 6.81. The maximum Gasteiger partial charge on any atom is 0.244 e. The van der Waals surface area contributed by atoms with Crippen molar-refractivity contribution < 1.29 is 14.3 Å². The molecule has 2 saturated heterocycles. The van der Waals surface area contributed by atoms with E-state index in [0.29, 0.717) is 19.7 Å². The van der Waals surface area contributed by atoms with Gasteiger partial charge >= 0.3 is 0 Å². The van der Waals surface area contributed by atoms with Crippen LogP contribution in [0.3, 0.4) is 0 Å². The molecular formula is C24H32N4O3. The SMILES string of the molecule is Cc1cnn(CC(=O)N2CCC[C@@]3(CCCN(CCOc4ccccc4)C3=O)[C@H]2C)c1. The minimum absolute atomic E-state index is 0.0343. The first-order chi connectivity index (χ1) is 15.0. The molecule has 0 saturated carbocycles. The Hall–Kier alpha value is -2.83. The Bertz CT molecular complexity index is 909. The minimum Gasteiger partial charge on any atom is -0.492 e. The summed E-state index contributed by atoms with van der Waals surface area (Å²) in [5, 5.41) is 4.25. The molecule has 0 aliphatic carbocycles. The van der Waals surface area contributed by atoms with Gasteiger partial charge in [-0.1, -0.05) is 18.2 Å². The molecule has 2 aliphatic rings. The van der Waals surface area contributed by atoms with E-state index in [0.717, 1.165) is 43.5 Å². The third-order valence-corrected chi connectivity index (χ3v) is 6.81. The van der Waals surface area contributed by atoms with Crippen LogP contribution in [0, 0.1) is 12.3 Å². The van der Waals surface area contributed by atoms with Gasteiger partial charge in [-0.15, -0.1) is 0 Å². The lowest BCUT2D eigenvalue weighted by Gasteiger charge is -2.51. The summed E-state index contributed by atoms with van der Waals surface area (Å²) in [5.74, 6) is 1.03. The van der Waals surface area contributed by atoms with Gasteiger partial charge in [0.2, 0.25) is 11.8 Å². The van der Waals surface area contributed by atoms with Gasteiger partial charge in [0.05, 0.1) is 18.2 Å². The van der Waals surface area contributed by atoms with Gasteiger partial charge in [-0.3, -0.25) is 14.3 Å². The van der Waals surface area contributed by atoms with Crippen molar-refractivity contribution in [2.45, 2.75) is 52.1 Å². The van der Waals surface area contributed by atoms with Gasteiger partial charge in [-0.2, -0.15) is 5.10 Å². The lowest BCUT2D eigenvalue weighted by molar-refractivity contribution is -0.160. The second-order valence-electron chi connectivity index (χ2n) is 8.80. The van der Waals surface area contributed by atoms with Gasteiger partial charge in [-0.25, -0.2) is 0 Å². The number of benzene rings is 1. The van der Waals surface area contributed by atoms with Gasteiger partial charge in [0.15, 0.2) is 0 Å². The predicted octanol–water partition coefficient (Wildman–Crippen LogP) is 2.89. The Labute approximate surface area is 184 Å². The summed E-state index contributed by atoms with van der Waals surface area (Å²) in [6.45, 7) is 6.73. The number of amides is 2. The van der Waals surface area contributed by atoms with E-state index in [2.05, 4.69) is 5.10 Å². The Morgan fingerprint density at radius 1 is 1.19 bits per heavy atom. The van der Waals surface area contributed by atoms with Crippen LogP contribution in [0.5, 0.6) is 5.75 Å². The first-order valence-corrected chi connectivity index (χ1v) is 11.3. The molecule has 3 heterocycles. The average Bonchev–Trinajstić information content (AvgIpc) is 3.18. The minimum atomic E-state index is -0.487. The number of carbonyl (C=O) groups excluding carboxylic acids is 2. The highest BCUT2D eigenvalue weighted by Gasteiger charge is 2.52. The van der Waals surface area contributed by atoms with Crippen molar-refractivity contribution in [3.63, 3.8) is 0 Å². The van der Waals surface area contributed by atoms with E-state index in [-0.39, 0.29) is 24.4 Å². The molecule has 2 aromatic rings. The second-order valence-corrected chi connectivity index (χ2v) is 8.80. The molecular weight excluding hydrogens is 392 g/mol. The first-order valence-electron chi connectivity index (χ1n) is 11.3. The molecule has 31 heavy (non-hydrogen) atoms. The van der Waals surface area contributed by atoms with E-state index in [9.17, 15) is 9.59 Å². The lowest BCUT2D eigenvalue weighted by Crippen LogP contribution is -2.62. The Morgan fingerprint density at radius 3 is 2.65 bits per heavy atom. The van der Waals surface area contributed by atoms with Crippen LogP contribution in [0.25, 0.3) is 0 Å². The Kier molecular flexibility index (Phi) is 6.30. The lowest BCUT2D eigenvalue weighted by atomic mass is 9.67. The van der Waals surface area contributed by atoms with Gasteiger partial charge < -0.3 is 14.5 Å². The molecule has 0 radical (unpaired) electrons. The summed E-state index contributed by atoms with van der Waals surface area (Å²) < 4.78 is 7.50. The van der Waals surface area contributed by atoms with Crippen molar-refractivity contribution in [3.8, 4) is 5.75 Å². The summed E-state index contributed by atoms with van der Waals surface area (Å²) in [5.41, 5.74) is 0.547. The van der Waals surface area contributed by atoms with Crippen LogP contribution in [0.4, 0.5) is 0 Å². The fourth-order valence-corrected chi connectivity index (χ4v) is 5.12. The number of carbonyl (C=O) groups is 2. The van der Waals surface area contributed by atoms with Crippen LogP contribution in [-0.2, 0) is 16.1 Å². The maximum absolute atomic E-state index is 13.6. The fourth-order valence-electron chi connectivity index (χ4n) is 5.12. The number of rotatable bonds is 6. The molecule has 0 bridgehead atoms. The zero-order chi connectivity index (χ0) is 21.8. The number of hydrogen-bond donors (Lipinski definition) is 0. The normalized spacial score (nSPS) is 23.9. The molecule has 2 fully saturated rings. The van der Waals surface area contributed by atoms with E-state index in [1.54, 1.807) is 10.9 Å². The van der Waals surface area contributed by atoms with Crippen LogP contribution in [0.1, 0.15) is 38.2 Å². The number of aryl methyl sites for hydroxylation is 1. The number of para-hydroxylation sites is 1. The van der Waals surface area contributed by atoms with Crippen LogP contribution in [0.15, 0.2) is 42.7 Å². The molecule has 1 aromatic heterocycles. The van der Waals surface area contributed by atoms with E-state index < -0.39 is 5.41 Å². The molecule has 0 unspecified atom stereocenters. The summed E-state index contributed by atoms with van der Waals surface area (Å²) >= 11 is 0. The summed E-state index contributed by atoms with van der Waals surface area (Å²) in [6, 6.07) is 9.57. The topological polar surface area (TPSA) is 67.7 Å². The maximum atomic E-state index is 13.6. The highest BCUT2D eigenvalue weighted by Crippen LogP contribution is 2.44. The van der Waals surface area contributed by atoms with E-state index in [4.69, 9.17) is 4.74 Å². The Balaban J connectivity index is 1.41. The third kappa shape index (κ3) is 4.45. The van der Waals surface area contributed by atoms with Gasteiger partial charge in [0, 0.05) is 25.3 Å². The standard InChI is InChI=1S/C24H32N4O3/c1-19-16-25-27(17-19)18-22(29)28-13-7-11-24(20(28)2)10-6-12-26(23(24)30)14-15-31-21-8-4-3-5-9-21/h3-5,8-9,16-17,20H,6-7,10-15,18H2,1-2H3/t20-,24+/m1/s1. The molecule has 1 aromatic carbocycles. The molecule has 1 spiro atoms. The average molecular weight is 425 g/mol. The van der Waals surface area contributed by atoms with Crippen molar-refractivity contribution in [2.24, 2.45) is 5.41 Å². The number of ether oxygens (including phenoxy) is 1. The highest BCUT2D eigenvalue weighted by molar-refractivity contribution is 5.86. The zero-order valence-corrected chi connectivity index (χ0v) is 18.5. The van der Waals surface area contributed by atoms with E-state index >= 15 is 0 Å². The summed E-state index contributed by atoms with van der Waals surface area (Å²) in [6.07, 6.45) is 7.13. The number of likely N-dealkylation sites (tertiary alicyclic amines) is 2. The quantitative estimate of drug-likeness (QED) is 0.715. The molecule has 7 heteroatoms. The molecule has 2 amide bonds. The predicted molar refractivity (Wildman–Crippen MR) is 118 cm³/mol. The van der Waals surface area contributed by atoms with Crippen LogP contribution < -0.4 is 4.74 Å². The van der Waals surface area contributed by atoms with Gasteiger partial charge in [0.1, 0.15) is 18.9 Å². The summed E-state index contributed by atoms with van der Waals surface area (Å²) in [4.78, 5) is 30.5. The monoisotopic (exact) mass is 424 g/mol. The second kappa shape index (κ2) is 9.12. The van der Waals surface area contributed by atoms with Crippen molar-refractivity contribution in [1.29, 1.82) is 0 Å². The molecule has 4 rings (SSSR count). The zero-order valence-electron chi connectivity index (χ0n) is 18.5. The smallest absolute Gasteiger partial charge is 0.244 e. The highest BCUT2D eigenvalue weighted by atomic mass is 16.5. The molecule has 7 nitrogen and oxygen atoms in total. The van der Waals surface area contributed by atoms with Crippen molar-refractivity contribution in [2.75, 3.05) is 26.2 Å². The number of aromatic nitrogens is 2. The number of nitrogens with zero attached hydrogens (tertiary/aromatic N) is 4. The number of piperidine rings is 2. The van der Waals surface area contributed by atoms with Crippen LogP contribution in [-0.4, -0.2) is 63.7 Å². The first kappa shape index (κ1) is 21.4. The van der Waals surface area contributed by atoms with Gasteiger partial charge in [-0.05, 0) is 57.2 Å². The molecule has 2 aliphatic heterocycles. The van der Waals surface area contributed by atoms with Crippen molar-refractivity contribution >= 4 is 11.8 Å².